The van der Waals surface area contributed by atoms with E-state index in [-0.39, 0.29) is 18.2 Å². The van der Waals surface area contributed by atoms with Crippen molar-refractivity contribution in [2.45, 2.75) is 83.7 Å². The summed E-state index contributed by atoms with van der Waals surface area (Å²) in [5, 5.41) is 15.9. The zero-order chi connectivity index (χ0) is 27.0. The first-order valence-electron chi connectivity index (χ1n) is 12.2. The molecule has 1 fully saturated rings. The average Bonchev–Trinajstić information content (AvgIpc) is 3.30. The zero-order valence-electron chi connectivity index (χ0n) is 21.9. The molecule has 36 heavy (non-hydrogen) atoms. The van der Waals surface area contributed by atoms with Crippen molar-refractivity contribution in [3.8, 4) is 0 Å². The fourth-order valence-corrected chi connectivity index (χ4v) is 4.10. The number of carbonyl (C=O) groups is 4. The highest BCUT2D eigenvalue weighted by Gasteiger charge is 2.40. The van der Waals surface area contributed by atoms with Gasteiger partial charge >= 0.3 is 12.1 Å². The summed E-state index contributed by atoms with van der Waals surface area (Å²) in [7, 11) is 1.16. The third kappa shape index (κ3) is 8.22. The normalized spacial score (nSPS) is 18.2. The van der Waals surface area contributed by atoms with Crippen LogP contribution in [0.2, 0.25) is 0 Å². The molecule has 1 saturated heterocycles. The summed E-state index contributed by atoms with van der Waals surface area (Å²) < 4.78 is 9.97. The highest BCUT2D eigenvalue weighted by Crippen LogP contribution is 2.21. The molecule has 1 heterocycles. The number of esters is 1. The highest BCUT2D eigenvalue weighted by atomic mass is 16.6. The Hall–Kier alpha value is -3.14. The minimum Gasteiger partial charge on any atom is -0.467 e. The molecule has 0 bridgehead atoms. The summed E-state index contributed by atoms with van der Waals surface area (Å²) in [6.07, 6.45) is -1.08. The van der Waals surface area contributed by atoms with Crippen LogP contribution in [0.25, 0.3) is 0 Å². The number of methoxy groups -OCH3 is 1. The lowest BCUT2D eigenvalue weighted by Gasteiger charge is -2.32. The van der Waals surface area contributed by atoms with Crippen LogP contribution in [0.4, 0.5) is 4.79 Å². The highest BCUT2D eigenvalue weighted by molar-refractivity contribution is 5.92. The Kier molecular flexibility index (Phi) is 10.3. The first-order chi connectivity index (χ1) is 16.8. The van der Waals surface area contributed by atoms with Crippen molar-refractivity contribution >= 4 is 23.9 Å². The average molecular weight is 506 g/mol. The predicted molar refractivity (Wildman–Crippen MR) is 133 cm³/mol. The molecule has 2 unspecified atom stereocenters. The van der Waals surface area contributed by atoms with Crippen molar-refractivity contribution in [3.63, 3.8) is 0 Å². The van der Waals surface area contributed by atoms with Crippen LogP contribution in [0.1, 0.15) is 53.0 Å². The number of nitrogens with zero attached hydrogens (tertiary/aromatic N) is 1. The Balaban J connectivity index is 2.17. The third-order valence-corrected chi connectivity index (χ3v) is 5.89. The number of nitrogens with one attached hydrogen (secondary N) is 2. The van der Waals surface area contributed by atoms with E-state index in [9.17, 15) is 24.3 Å². The lowest BCUT2D eigenvalue weighted by Crippen LogP contribution is -2.58. The Bertz CT molecular complexity index is 914. The summed E-state index contributed by atoms with van der Waals surface area (Å²) in [5.74, 6) is -1.98. The second-order valence-corrected chi connectivity index (χ2v) is 10.3. The molecular formula is C26H39N3O7. The monoisotopic (exact) mass is 505 g/mol. The van der Waals surface area contributed by atoms with Crippen molar-refractivity contribution in [1.82, 2.24) is 15.5 Å². The Morgan fingerprint density at radius 2 is 1.75 bits per heavy atom. The number of likely N-dealkylation sites (tertiary alicyclic amines) is 1. The van der Waals surface area contributed by atoms with Crippen molar-refractivity contribution in [1.29, 1.82) is 0 Å². The molecule has 3 N–H and O–H groups in total. The summed E-state index contributed by atoms with van der Waals surface area (Å²) in [4.78, 5) is 52.5. The smallest absolute Gasteiger partial charge is 0.408 e. The second kappa shape index (κ2) is 12.7. The van der Waals surface area contributed by atoms with Gasteiger partial charge in [-0.2, -0.15) is 0 Å². The molecule has 10 nitrogen and oxygen atoms in total. The molecule has 0 aromatic heterocycles. The number of aliphatic hydroxyl groups excluding tert-OH is 1. The van der Waals surface area contributed by atoms with Crippen molar-refractivity contribution < 1.29 is 33.8 Å². The Labute approximate surface area is 212 Å². The molecule has 0 saturated carbocycles. The number of ether oxygens (including phenoxy) is 2. The minimum absolute atomic E-state index is 0.193. The van der Waals surface area contributed by atoms with Gasteiger partial charge in [-0.1, -0.05) is 44.2 Å². The summed E-state index contributed by atoms with van der Waals surface area (Å²) in [6, 6.07) is 6.49. The largest absolute Gasteiger partial charge is 0.467 e. The van der Waals surface area contributed by atoms with Crippen LogP contribution in [-0.4, -0.2) is 77.4 Å². The lowest BCUT2D eigenvalue weighted by atomic mass is 10.00. The van der Waals surface area contributed by atoms with Gasteiger partial charge in [-0.05, 0) is 51.5 Å². The fourth-order valence-electron chi connectivity index (χ4n) is 4.10. The SMILES string of the molecule is COC(=O)C(O)C(Cc1ccccc1)NC(=O)[C@@H]1CCCN1C(=O)[C@@H](NC(=O)OC(C)(C)C)C(C)C. The number of carbonyl (C=O) groups excluding carboxylic acids is 4. The first-order valence-corrected chi connectivity index (χ1v) is 12.2. The van der Waals surface area contributed by atoms with Crippen LogP contribution in [0.5, 0.6) is 0 Å². The van der Waals surface area contributed by atoms with Gasteiger partial charge in [0.05, 0.1) is 13.2 Å². The lowest BCUT2D eigenvalue weighted by molar-refractivity contribution is -0.152. The molecule has 0 spiro atoms. The number of aliphatic hydroxyl groups is 1. The summed E-state index contributed by atoms with van der Waals surface area (Å²) in [6.45, 7) is 9.14. The molecule has 4 atom stereocenters. The number of amides is 3. The molecule has 2 rings (SSSR count). The van der Waals surface area contributed by atoms with Crippen LogP contribution in [0.3, 0.4) is 0 Å². The number of alkyl carbamates (subject to hydrolysis) is 1. The predicted octanol–water partition coefficient (Wildman–Crippen LogP) is 1.79. The molecule has 1 aliphatic heterocycles. The molecule has 3 amide bonds. The van der Waals surface area contributed by atoms with E-state index in [0.717, 1.165) is 12.7 Å². The van der Waals surface area contributed by atoms with E-state index in [1.807, 2.05) is 30.3 Å². The van der Waals surface area contributed by atoms with E-state index in [2.05, 4.69) is 15.4 Å². The summed E-state index contributed by atoms with van der Waals surface area (Å²) in [5.41, 5.74) is 0.0884. The molecule has 0 aliphatic carbocycles. The van der Waals surface area contributed by atoms with E-state index >= 15 is 0 Å². The number of hydrogen-bond acceptors (Lipinski definition) is 7. The molecule has 1 aromatic rings. The fraction of sp³-hybridized carbons (Fsp3) is 0.615. The quantitative estimate of drug-likeness (QED) is 0.436. The minimum atomic E-state index is -1.58. The summed E-state index contributed by atoms with van der Waals surface area (Å²) >= 11 is 0. The van der Waals surface area contributed by atoms with Crippen molar-refractivity contribution in [2.75, 3.05) is 13.7 Å². The maximum atomic E-state index is 13.4. The van der Waals surface area contributed by atoms with Crippen LogP contribution < -0.4 is 10.6 Å². The number of rotatable bonds is 9. The number of benzene rings is 1. The van der Waals surface area contributed by atoms with Gasteiger partial charge in [-0.15, -0.1) is 0 Å². The molecular weight excluding hydrogens is 466 g/mol. The molecule has 0 radical (unpaired) electrons. The molecule has 200 valence electrons. The second-order valence-electron chi connectivity index (χ2n) is 10.3. The van der Waals surface area contributed by atoms with Crippen LogP contribution in [0, 0.1) is 5.92 Å². The van der Waals surface area contributed by atoms with Gasteiger partial charge in [0.25, 0.3) is 0 Å². The maximum Gasteiger partial charge on any atom is 0.408 e. The van der Waals surface area contributed by atoms with Crippen LogP contribution in [-0.2, 0) is 30.3 Å². The Morgan fingerprint density at radius 1 is 1.11 bits per heavy atom. The van der Waals surface area contributed by atoms with Gasteiger partial charge in [0.15, 0.2) is 6.10 Å². The molecule has 1 aromatic carbocycles. The van der Waals surface area contributed by atoms with Gasteiger partial charge < -0.3 is 30.1 Å². The number of hydrogen-bond donors (Lipinski definition) is 3. The van der Waals surface area contributed by atoms with Crippen molar-refractivity contribution in [2.24, 2.45) is 5.92 Å². The van der Waals surface area contributed by atoms with Crippen LogP contribution in [0.15, 0.2) is 30.3 Å². The topological polar surface area (TPSA) is 134 Å². The van der Waals surface area contributed by atoms with E-state index in [0.29, 0.717) is 19.4 Å². The standard InChI is InChI=1S/C26H39N3O7/c1-16(2)20(28-25(34)36-26(3,4)5)23(32)29-14-10-13-19(29)22(31)27-18(21(30)24(33)35-6)15-17-11-8-7-9-12-17/h7-9,11-12,16,18-21,30H,10,13-15H2,1-6H3,(H,27,31)(H,28,34)/t18?,19-,20-,21?/m0/s1. The van der Waals surface area contributed by atoms with Gasteiger partial charge in [0, 0.05) is 6.54 Å². The van der Waals surface area contributed by atoms with E-state index < -0.39 is 47.8 Å². The van der Waals surface area contributed by atoms with Crippen LogP contribution >= 0.6 is 0 Å². The third-order valence-electron chi connectivity index (χ3n) is 5.89. The first kappa shape index (κ1) is 29.1. The maximum absolute atomic E-state index is 13.4. The Morgan fingerprint density at radius 3 is 2.31 bits per heavy atom. The van der Waals surface area contributed by atoms with Crippen molar-refractivity contribution in [3.05, 3.63) is 35.9 Å². The molecule has 10 heteroatoms. The van der Waals surface area contributed by atoms with Gasteiger partial charge in [0.2, 0.25) is 11.8 Å². The van der Waals surface area contributed by atoms with Gasteiger partial charge in [-0.25, -0.2) is 9.59 Å². The van der Waals surface area contributed by atoms with Gasteiger partial charge in [-0.3, -0.25) is 9.59 Å². The zero-order valence-corrected chi connectivity index (χ0v) is 21.9. The van der Waals surface area contributed by atoms with E-state index in [1.165, 1.54) is 4.90 Å². The van der Waals surface area contributed by atoms with E-state index in [1.54, 1.807) is 34.6 Å². The van der Waals surface area contributed by atoms with E-state index in [4.69, 9.17) is 4.74 Å². The molecule has 1 aliphatic rings. The van der Waals surface area contributed by atoms with Gasteiger partial charge in [0.1, 0.15) is 17.7 Å².